The van der Waals surface area contributed by atoms with Crippen LogP contribution >= 0.6 is 0 Å². The summed E-state index contributed by atoms with van der Waals surface area (Å²) in [5.74, 6) is 0.978. The molecule has 9 nitrogen and oxygen atoms in total. The molecule has 0 unspecified atom stereocenters. The molecule has 9 heteroatoms. The topological polar surface area (TPSA) is 100 Å². The van der Waals surface area contributed by atoms with Crippen molar-refractivity contribution < 1.29 is 19.4 Å². The highest BCUT2D eigenvalue weighted by molar-refractivity contribution is 5.74. The highest BCUT2D eigenvalue weighted by Crippen LogP contribution is 2.21. The van der Waals surface area contributed by atoms with E-state index < -0.39 is 6.09 Å². The number of carbonyl (C=O) groups excluding carboxylic acids is 1. The fourth-order valence-corrected chi connectivity index (χ4v) is 2.45. The number of nitrogens with zero attached hydrogens (tertiary/aromatic N) is 5. The van der Waals surface area contributed by atoms with E-state index in [9.17, 15) is 9.59 Å². The van der Waals surface area contributed by atoms with Gasteiger partial charge >= 0.3 is 6.09 Å². The molecule has 1 aliphatic rings. The molecule has 0 bridgehead atoms. The number of rotatable bonds is 3. The minimum Gasteiger partial charge on any atom is -0.481 e. The zero-order valence-electron chi connectivity index (χ0n) is 12.0. The molecule has 0 atom stereocenters. The molecule has 1 saturated heterocycles. The normalized spacial score (nSPS) is 15.1. The van der Waals surface area contributed by atoms with Gasteiger partial charge in [0.1, 0.15) is 11.3 Å². The maximum atomic E-state index is 11.0. The predicted octanol–water partition coefficient (Wildman–Crippen LogP) is 0.350. The fraction of sp³-hybridized carbons (Fsp3) is 0.385. The van der Waals surface area contributed by atoms with Gasteiger partial charge in [-0.3, -0.25) is 9.20 Å². The van der Waals surface area contributed by atoms with Crippen molar-refractivity contribution in [3.8, 4) is 5.88 Å². The molecule has 2 aromatic heterocycles. The lowest BCUT2D eigenvalue weighted by atomic mass is 10.3. The van der Waals surface area contributed by atoms with E-state index in [-0.39, 0.29) is 0 Å². The number of anilines is 1. The molecule has 1 fully saturated rings. The summed E-state index contributed by atoms with van der Waals surface area (Å²) >= 11 is 0. The van der Waals surface area contributed by atoms with Crippen LogP contribution in [0.25, 0.3) is 5.65 Å². The third-order valence-corrected chi connectivity index (χ3v) is 3.59. The van der Waals surface area contributed by atoms with E-state index in [4.69, 9.17) is 9.84 Å². The van der Waals surface area contributed by atoms with Gasteiger partial charge in [-0.15, -0.1) is 0 Å². The molecule has 1 aliphatic heterocycles. The summed E-state index contributed by atoms with van der Waals surface area (Å²) in [6.07, 6.45) is 1.36. The van der Waals surface area contributed by atoms with E-state index in [0.717, 1.165) is 0 Å². The van der Waals surface area contributed by atoms with E-state index in [1.54, 1.807) is 16.7 Å². The van der Waals surface area contributed by atoms with Crippen molar-refractivity contribution in [3.05, 3.63) is 18.0 Å². The van der Waals surface area contributed by atoms with Crippen molar-refractivity contribution >= 4 is 24.0 Å². The minimum atomic E-state index is -0.922. The van der Waals surface area contributed by atoms with Crippen molar-refractivity contribution in [2.24, 2.45) is 0 Å². The van der Waals surface area contributed by atoms with Crippen LogP contribution in [0, 0.1) is 0 Å². The molecule has 1 amide bonds. The molecule has 0 spiro atoms. The highest BCUT2D eigenvalue weighted by Gasteiger charge is 2.23. The molecule has 0 aliphatic carbocycles. The van der Waals surface area contributed by atoms with Gasteiger partial charge in [0.15, 0.2) is 6.29 Å². The number of fused-ring (bicyclic) bond motifs is 1. The molecule has 3 heterocycles. The zero-order valence-corrected chi connectivity index (χ0v) is 12.0. The van der Waals surface area contributed by atoms with Gasteiger partial charge in [0, 0.05) is 38.4 Å². The van der Waals surface area contributed by atoms with Gasteiger partial charge in [0.2, 0.25) is 11.8 Å². The summed E-state index contributed by atoms with van der Waals surface area (Å²) in [7, 11) is 1.51. The van der Waals surface area contributed by atoms with Gasteiger partial charge in [0.05, 0.1) is 7.11 Å². The summed E-state index contributed by atoms with van der Waals surface area (Å²) in [6, 6.07) is 1.64. The van der Waals surface area contributed by atoms with Crippen LogP contribution in [0.4, 0.5) is 10.7 Å². The average Bonchev–Trinajstić information content (AvgIpc) is 2.97. The number of hydrogen-bond donors (Lipinski definition) is 1. The number of piperazine rings is 1. The number of hydrogen-bond acceptors (Lipinski definition) is 6. The first kappa shape index (κ1) is 14.1. The van der Waals surface area contributed by atoms with Gasteiger partial charge in [-0.05, 0) is 0 Å². The van der Waals surface area contributed by atoms with Crippen LogP contribution in [-0.4, -0.2) is 70.0 Å². The van der Waals surface area contributed by atoms with E-state index in [1.165, 1.54) is 12.0 Å². The van der Waals surface area contributed by atoms with Crippen molar-refractivity contribution in [1.29, 1.82) is 0 Å². The van der Waals surface area contributed by atoms with E-state index in [1.807, 2.05) is 4.90 Å². The Hall–Kier alpha value is -2.84. The number of imidazole rings is 1. The Labute approximate surface area is 125 Å². The van der Waals surface area contributed by atoms with Gasteiger partial charge in [0.25, 0.3) is 0 Å². The molecular formula is C13H15N5O4. The summed E-state index contributed by atoms with van der Waals surface area (Å²) in [5, 5.41) is 9.00. The Morgan fingerprint density at radius 2 is 2.05 bits per heavy atom. The number of methoxy groups -OCH3 is 1. The second kappa shape index (κ2) is 5.51. The quantitative estimate of drug-likeness (QED) is 0.817. The second-order valence-electron chi connectivity index (χ2n) is 4.87. The Morgan fingerprint density at radius 1 is 1.32 bits per heavy atom. The molecule has 22 heavy (non-hydrogen) atoms. The monoisotopic (exact) mass is 305 g/mol. The SMILES string of the molecule is COc1cc2nc(C=O)cn2c(N2CCN(C(=O)O)CC2)n1. The minimum absolute atomic E-state index is 0.306. The van der Waals surface area contributed by atoms with Crippen molar-refractivity contribution in [3.63, 3.8) is 0 Å². The lowest BCUT2D eigenvalue weighted by Gasteiger charge is -2.33. The number of carboxylic acid groups (broad SMARTS) is 1. The second-order valence-corrected chi connectivity index (χ2v) is 4.87. The van der Waals surface area contributed by atoms with Gasteiger partial charge in [-0.2, -0.15) is 4.98 Å². The highest BCUT2D eigenvalue weighted by atomic mass is 16.5. The van der Waals surface area contributed by atoms with Crippen LogP contribution in [0.2, 0.25) is 0 Å². The first-order valence-corrected chi connectivity index (χ1v) is 6.74. The van der Waals surface area contributed by atoms with Crippen LogP contribution in [-0.2, 0) is 0 Å². The van der Waals surface area contributed by atoms with Crippen molar-refractivity contribution in [2.75, 3.05) is 38.2 Å². The molecule has 0 saturated carbocycles. The van der Waals surface area contributed by atoms with Crippen LogP contribution in [0.3, 0.4) is 0 Å². The van der Waals surface area contributed by atoms with E-state index in [0.29, 0.717) is 55.6 Å². The van der Waals surface area contributed by atoms with Gasteiger partial charge < -0.3 is 19.6 Å². The largest absolute Gasteiger partial charge is 0.481 e. The first-order valence-electron chi connectivity index (χ1n) is 6.74. The Bertz CT molecular complexity index is 721. The summed E-state index contributed by atoms with van der Waals surface area (Å²) < 4.78 is 6.88. The number of carbonyl (C=O) groups is 2. The third kappa shape index (κ3) is 2.41. The maximum Gasteiger partial charge on any atom is 0.407 e. The lowest BCUT2D eigenvalue weighted by Crippen LogP contribution is -2.49. The summed E-state index contributed by atoms with van der Waals surface area (Å²) in [5.41, 5.74) is 0.866. The third-order valence-electron chi connectivity index (χ3n) is 3.59. The van der Waals surface area contributed by atoms with Crippen LogP contribution in [0.15, 0.2) is 12.3 Å². The van der Waals surface area contributed by atoms with E-state index in [2.05, 4.69) is 9.97 Å². The molecule has 3 rings (SSSR count). The molecule has 0 radical (unpaired) electrons. The Balaban J connectivity index is 1.97. The average molecular weight is 305 g/mol. The van der Waals surface area contributed by atoms with E-state index >= 15 is 0 Å². The predicted molar refractivity (Wildman–Crippen MR) is 76.7 cm³/mol. The maximum absolute atomic E-state index is 11.0. The molecule has 116 valence electrons. The number of amides is 1. The Kier molecular flexibility index (Phi) is 3.53. The van der Waals surface area contributed by atoms with Crippen LogP contribution in [0.1, 0.15) is 10.5 Å². The summed E-state index contributed by atoms with van der Waals surface area (Å²) in [4.78, 5) is 33.8. The fourth-order valence-electron chi connectivity index (χ4n) is 2.45. The van der Waals surface area contributed by atoms with Crippen molar-refractivity contribution in [2.45, 2.75) is 0 Å². The number of ether oxygens (including phenoxy) is 1. The zero-order chi connectivity index (χ0) is 15.7. The van der Waals surface area contributed by atoms with Gasteiger partial charge in [-0.1, -0.05) is 0 Å². The first-order chi connectivity index (χ1) is 10.6. The molecule has 0 aromatic carbocycles. The number of aromatic nitrogens is 3. The van der Waals surface area contributed by atoms with Gasteiger partial charge in [-0.25, -0.2) is 9.78 Å². The smallest absolute Gasteiger partial charge is 0.407 e. The molecular weight excluding hydrogens is 290 g/mol. The standard InChI is InChI=1S/C13H15N5O4/c1-22-11-6-10-14-9(8-19)7-18(10)12(15-11)16-2-4-17(5-3-16)13(20)21/h6-8H,2-5H2,1H3,(H,20,21). The molecule has 2 aromatic rings. The Morgan fingerprint density at radius 3 is 2.64 bits per heavy atom. The lowest BCUT2D eigenvalue weighted by molar-refractivity contribution is 0.111. The van der Waals surface area contributed by atoms with Crippen LogP contribution < -0.4 is 9.64 Å². The van der Waals surface area contributed by atoms with Crippen molar-refractivity contribution in [1.82, 2.24) is 19.3 Å². The number of aldehydes is 1. The molecule has 1 N–H and O–H groups in total. The van der Waals surface area contributed by atoms with Crippen LogP contribution in [0.5, 0.6) is 5.88 Å². The summed E-state index contributed by atoms with van der Waals surface area (Å²) in [6.45, 7) is 1.81.